The predicted octanol–water partition coefficient (Wildman–Crippen LogP) is 4.46. The summed E-state index contributed by atoms with van der Waals surface area (Å²) in [6, 6.07) is 16.9. The smallest absolute Gasteiger partial charge is 0.307 e. The molecule has 0 bridgehead atoms. The molecule has 5 heteroatoms. The Bertz CT molecular complexity index is 743. The number of carbonyl (C=O) groups is 2. The van der Waals surface area contributed by atoms with E-state index in [-0.39, 0.29) is 24.4 Å². The van der Waals surface area contributed by atoms with Gasteiger partial charge in [0.05, 0.1) is 19.1 Å². The van der Waals surface area contributed by atoms with Crippen molar-refractivity contribution in [3.63, 3.8) is 0 Å². The maximum absolute atomic E-state index is 13.0. The lowest BCUT2D eigenvalue weighted by Crippen LogP contribution is -2.33. The Morgan fingerprint density at radius 2 is 1.68 bits per heavy atom. The van der Waals surface area contributed by atoms with E-state index in [1.807, 2.05) is 49.4 Å². The molecule has 2 aromatic carbocycles. The molecule has 0 spiro atoms. The molecule has 5 nitrogen and oxygen atoms in total. The summed E-state index contributed by atoms with van der Waals surface area (Å²) in [6.07, 6.45) is 1.21. The number of carbonyl (C=O) groups excluding carboxylic acids is 2. The van der Waals surface area contributed by atoms with Crippen LogP contribution in [0.25, 0.3) is 0 Å². The Labute approximate surface area is 167 Å². The van der Waals surface area contributed by atoms with E-state index in [2.05, 4.69) is 6.92 Å². The molecular weight excluding hydrogens is 354 g/mol. The zero-order valence-electron chi connectivity index (χ0n) is 16.9. The first-order chi connectivity index (χ1) is 13.5. The van der Waals surface area contributed by atoms with Crippen molar-refractivity contribution in [2.75, 3.05) is 13.2 Å². The molecule has 0 fully saturated rings. The van der Waals surface area contributed by atoms with E-state index in [4.69, 9.17) is 9.47 Å². The summed E-state index contributed by atoms with van der Waals surface area (Å²) in [7, 11) is 0. The highest BCUT2D eigenvalue weighted by atomic mass is 16.5. The maximum atomic E-state index is 13.0. The first-order valence-corrected chi connectivity index (χ1v) is 9.79. The molecular formula is C23H29NO4. The molecule has 2 aromatic rings. The fraction of sp³-hybridized carbons (Fsp3) is 0.391. The zero-order chi connectivity index (χ0) is 20.4. The van der Waals surface area contributed by atoms with Crippen molar-refractivity contribution in [2.45, 2.75) is 46.3 Å². The molecule has 2 rings (SSSR count). The second kappa shape index (κ2) is 11.1. The van der Waals surface area contributed by atoms with Crippen molar-refractivity contribution >= 4 is 11.9 Å². The van der Waals surface area contributed by atoms with Crippen LogP contribution in [-0.2, 0) is 16.1 Å². The van der Waals surface area contributed by atoms with Gasteiger partial charge in [-0.3, -0.25) is 9.59 Å². The summed E-state index contributed by atoms with van der Waals surface area (Å²) in [5.74, 6) is 0.320. The summed E-state index contributed by atoms with van der Waals surface area (Å²) >= 11 is 0. The maximum Gasteiger partial charge on any atom is 0.307 e. The third-order valence-electron chi connectivity index (χ3n) is 4.41. The molecule has 0 heterocycles. The lowest BCUT2D eigenvalue weighted by molar-refractivity contribution is -0.143. The van der Waals surface area contributed by atoms with E-state index in [1.165, 1.54) is 0 Å². The van der Waals surface area contributed by atoms with Gasteiger partial charge in [-0.05, 0) is 50.1 Å². The van der Waals surface area contributed by atoms with Gasteiger partial charge in [0.15, 0.2) is 0 Å². The van der Waals surface area contributed by atoms with Gasteiger partial charge < -0.3 is 14.4 Å². The van der Waals surface area contributed by atoms with Crippen LogP contribution >= 0.6 is 0 Å². The summed E-state index contributed by atoms with van der Waals surface area (Å²) in [5.41, 5.74) is 1.58. The van der Waals surface area contributed by atoms with Crippen LogP contribution in [0.5, 0.6) is 5.75 Å². The van der Waals surface area contributed by atoms with Crippen molar-refractivity contribution in [3.8, 4) is 5.75 Å². The normalized spacial score (nSPS) is 11.5. The molecule has 0 N–H and O–H groups in total. The monoisotopic (exact) mass is 383 g/mol. The van der Waals surface area contributed by atoms with Gasteiger partial charge in [0, 0.05) is 18.7 Å². The lowest BCUT2D eigenvalue weighted by Gasteiger charge is -2.23. The van der Waals surface area contributed by atoms with Crippen LogP contribution in [0.2, 0.25) is 0 Å². The first kappa shape index (κ1) is 21.5. The van der Waals surface area contributed by atoms with Crippen LogP contribution in [0.4, 0.5) is 0 Å². The van der Waals surface area contributed by atoms with Crippen LogP contribution in [-0.4, -0.2) is 36.0 Å². The van der Waals surface area contributed by atoms with Gasteiger partial charge in [0.2, 0.25) is 0 Å². The fourth-order valence-corrected chi connectivity index (χ4v) is 2.69. The minimum absolute atomic E-state index is 0.122. The van der Waals surface area contributed by atoms with E-state index in [0.717, 1.165) is 17.7 Å². The van der Waals surface area contributed by atoms with Gasteiger partial charge in [-0.15, -0.1) is 0 Å². The highest BCUT2D eigenvalue weighted by molar-refractivity contribution is 5.94. The second-order valence-corrected chi connectivity index (χ2v) is 6.63. The highest BCUT2D eigenvalue weighted by Crippen LogP contribution is 2.17. The van der Waals surface area contributed by atoms with Gasteiger partial charge >= 0.3 is 5.97 Å². The molecule has 0 aliphatic rings. The Balaban J connectivity index is 2.11. The number of ether oxygens (including phenoxy) is 2. The summed E-state index contributed by atoms with van der Waals surface area (Å²) in [6.45, 7) is 6.92. The minimum Gasteiger partial charge on any atom is -0.491 e. The average Bonchev–Trinajstić information content (AvgIpc) is 2.72. The van der Waals surface area contributed by atoms with Crippen LogP contribution in [0.1, 0.15) is 49.5 Å². The van der Waals surface area contributed by atoms with Gasteiger partial charge in [0.1, 0.15) is 5.75 Å². The summed E-state index contributed by atoms with van der Waals surface area (Å²) in [5, 5.41) is 0. The molecule has 28 heavy (non-hydrogen) atoms. The number of amides is 1. The second-order valence-electron chi connectivity index (χ2n) is 6.63. The molecule has 0 aliphatic heterocycles. The van der Waals surface area contributed by atoms with Gasteiger partial charge in [0.25, 0.3) is 5.91 Å². The van der Waals surface area contributed by atoms with E-state index in [9.17, 15) is 9.59 Å². The molecule has 0 saturated carbocycles. The minimum atomic E-state index is -0.300. The van der Waals surface area contributed by atoms with E-state index in [1.54, 1.807) is 24.0 Å². The number of hydrogen-bond donors (Lipinski definition) is 0. The summed E-state index contributed by atoms with van der Waals surface area (Å²) in [4.78, 5) is 26.5. The standard InChI is InChI=1S/C23H29NO4/c1-4-18(3)28-21-13-11-20(12-14-21)23(26)24(16-15-22(25)27-5-2)17-19-9-7-6-8-10-19/h6-14,18H,4-5,15-17H2,1-3H3. The molecule has 0 aliphatic carbocycles. The Morgan fingerprint density at radius 1 is 1.00 bits per heavy atom. The largest absolute Gasteiger partial charge is 0.491 e. The molecule has 150 valence electrons. The molecule has 1 amide bonds. The van der Waals surface area contributed by atoms with Crippen LogP contribution < -0.4 is 4.74 Å². The zero-order valence-corrected chi connectivity index (χ0v) is 16.9. The highest BCUT2D eigenvalue weighted by Gasteiger charge is 2.18. The predicted molar refractivity (Wildman–Crippen MR) is 109 cm³/mol. The fourth-order valence-electron chi connectivity index (χ4n) is 2.69. The third-order valence-corrected chi connectivity index (χ3v) is 4.41. The van der Waals surface area contributed by atoms with Crippen LogP contribution in [0, 0.1) is 0 Å². The number of benzene rings is 2. The average molecular weight is 383 g/mol. The van der Waals surface area contributed by atoms with E-state index in [0.29, 0.717) is 25.3 Å². The number of rotatable bonds is 10. The van der Waals surface area contributed by atoms with Gasteiger partial charge in [-0.25, -0.2) is 0 Å². The molecule has 0 radical (unpaired) electrons. The van der Waals surface area contributed by atoms with Gasteiger partial charge in [-0.2, -0.15) is 0 Å². The molecule has 1 unspecified atom stereocenters. The van der Waals surface area contributed by atoms with Crippen molar-refractivity contribution in [1.29, 1.82) is 0 Å². The van der Waals surface area contributed by atoms with Crippen LogP contribution in [0.3, 0.4) is 0 Å². The van der Waals surface area contributed by atoms with Crippen LogP contribution in [0.15, 0.2) is 54.6 Å². The Morgan fingerprint density at radius 3 is 2.29 bits per heavy atom. The Kier molecular flexibility index (Phi) is 8.53. The Hall–Kier alpha value is -2.82. The first-order valence-electron chi connectivity index (χ1n) is 9.79. The SMILES string of the molecule is CCOC(=O)CCN(Cc1ccccc1)C(=O)c1ccc(OC(C)CC)cc1. The van der Waals surface area contributed by atoms with Crippen molar-refractivity contribution in [1.82, 2.24) is 4.90 Å². The topological polar surface area (TPSA) is 55.8 Å². The van der Waals surface area contributed by atoms with Crippen molar-refractivity contribution in [3.05, 3.63) is 65.7 Å². The molecule has 1 atom stereocenters. The molecule has 0 saturated heterocycles. The number of nitrogens with zero attached hydrogens (tertiary/aromatic N) is 1. The quantitative estimate of drug-likeness (QED) is 0.569. The number of hydrogen-bond acceptors (Lipinski definition) is 4. The van der Waals surface area contributed by atoms with Gasteiger partial charge in [-0.1, -0.05) is 37.3 Å². The van der Waals surface area contributed by atoms with Crippen molar-refractivity contribution < 1.29 is 19.1 Å². The van der Waals surface area contributed by atoms with E-state index >= 15 is 0 Å². The summed E-state index contributed by atoms with van der Waals surface area (Å²) < 4.78 is 10.8. The number of esters is 1. The van der Waals surface area contributed by atoms with E-state index < -0.39 is 0 Å². The van der Waals surface area contributed by atoms with Crippen molar-refractivity contribution in [2.24, 2.45) is 0 Å². The lowest BCUT2D eigenvalue weighted by atomic mass is 10.1. The third kappa shape index (κ3) is 6.72. The molecule has 0 aromatic heterocycles.